The molecule has 3 aromatic rings. The third kappa shape index (κ3) is 3.26. The summed E-state index contributed by atoms with van der Waals surface area (Å²) >= 11 is 0. The zero-order valence-corrected chi connectivity index (χ0v) is 14.9. The van der Waals surface area contributed by atoms with Crippen molar-refractivity contribution in [2.75, 3.05) is 6.54 Å². The lowest BCUT2D eigenvalue weighted by molar-refractivity contribution is -0.137. The number of aromatic amines is 1. The molecule has 1 amide bonds. The monoisotopic (exact) mass is 387 g/mol. The van der Waals surface area contributed by atoms with Crippen LogP contribution in [0.2, 0.25) is 0 Å². The summed E-state index contributed by atoms with van der Waals surface area (Å²) in [5.41, 5.74) is 1.70. The lowest BCUT2D eigenvalue weighted by Gasteiger charge is -2.28. The van der Waals surface area contributed by atoms with Crippen LogP contribution in [0.15, 0.2) is 36.5 Å². The van der Waals surface area contributed by atoms with Crippen LogP contribution < -0.4 is 0 Å². The number of benzene rings is 1. The van der Waals surface area contributed by atoms with Gasteiger partial charge >= 0.3 is 6.18 Å². The van der Waals surface area contributed by atoms with Gasteiger partial charge in [0, 0.05) is 47.9 Å². The Balaban J connectivity index is 1.61. The fraction of sp³-hybridized carbons (Fsp3) is 0.250. The predicted molar refractivity (Wildman–Crippen MR) is 96.0 cm³/mol. The van der Waals surface area contributed by atoms with Crippen molar-refractivity contribution in [3.63, 3.8) is 0 Å². The zero-order chi connectivity index (χ0) is 20.1. The second-order valence-corrected chi connectivity index (χ2v) is 6.85. The van der Waals surface area contributed by atoms with Gasteiger partial charge in [0.05, 0.1) is 5.56 Å². The Hall–Kier alpha value is -3.16. The second kappa shape index (κ2) is 6.47. The number of alkyl halides is 3. The van der Waals surface area contributed by atoms with Gasteiger partial charge in [0.25, 0.3) is 5.91 Å². The summed E-state index contributed by atoms with van der Waals surface area (Å²) in [4.78, 5) is 32.8. The zero-order valence-electron chi connectivity index (χ0n) is 14.9. The molecule has 0 atom stereocenters. The fourth-order valence-corrected chi connectivity index (χ4v) is 3.39. The van der Waals surface area contributed by atoms with Crippen LogP contribution in [0.4, 0.5) is 13.2 Å². The minimum atomic E-state index is -4.47. The molecule has 0 bridgehead atoms. The first kappa shape index (κ1) is 18.2. The van der Waals surface area contributed by atoms with Gasteiger partial charge < -0.3 is 9.88 Å². The molecule has 4 rings (SSSR count). The van der Waals surface area contributed by atoms with E-state index in [-0.39, 0.29) is 18.2 Å². The van der Waals surface area contributed by atoms with Gasteiger partial charge in [-0.1, -0.05) is 12.1 Å². The summed E-state index contributed by atoms with van der Waals surface area (Å²) in [6.45, 7) is 1.90. The van der Waals surface area contributed by atoms with E-state index in [0.717, 1.165) is 17.6 Å². The summed E-state index contributed by atoms with van der Waals surface area (Å²) in [6.07, 6.45) is -3.24. The molecule has 0 fully saturated rings. The number of amides is 1. The van der Waals surface area contributed by atoms with Crippen LogP contribution in [0, 0.1) is 0 Å². The van der Waals surface area contributed by atoms with Crippen molar-refractivity contribution in [3.05, 3.63) is 64.6 Å². The highest BCUT2D eigenvalue weighted by atomic mass is 19.4. The van der Waals surface area contributed by atoms with Gasteiger partial charge in [-0.15, -0.1) is 0 Å². The molecule has 5 nitrogen and oxygen atoms in total. The number of ketones is 1. The number of Topliss-reactive ketones (excluding diaryl/α,β-unsaturated/α-hetero) is 1. The second-order valence-electron chi connectivity index (χ2n) is 6.85. The fourth-order valence-electron chi connectivity index (χ4n) is 3.39. The molecule has 144 valence electrons. The minimum Gasteiger partial charge on any atom is -0.351 e. The van der Waals surface area contributed by atoms with Gasteiger partial charge in [-0.25, -0.2) is 0 Å². The number of carbonyl (C=O) groups excluding carboxylic acids is 2. The number of fused-ring (bicyclic) bond motifs is 2. The molecule has 0 unspecified atom stereocenters. The number of halogens is 3. The Morgan fingerprint density at radius 2 is 1.96 bits per heavy atom. The molecular formula is C20H16F3N3O2. The highest BCUT2D eigenvalue weighted by Gasteiger charge is 2.33. The SMILES string of the molecule is CC(=O)c1ccc2cc(C(=O)N3CCc4ncc(C(F)(F)F)cc4C3)[nH]c2c1. The Morgan fingerprint density at radius 3 is 2.68 bits per heavy atom. The number of hydrogen-bond acceptors (Lipinski definition) is 3. The first-order chi connectivity index (χ1) is 13.2. The maximum atomic E-state index is 12.9. The summed E-state index contributed by atoms with van der Waals surface area (Å²) in [5.74, 6) is -0.381. The van der Waals surface area contributed by atoms with E-state index in [1.807, 2.05) is 0 Å². The molecule has 1 aliphatic heterocycles. The molecule has 2 aromatic heterocycles. The van der Waals surface area contributed by atoms with Crippen molar-refractivity contribution >= 4 is 22.6 Å². The summed E-state index contributed by atoms with van der Waals surface area (Å²) in [7, 11) is 0. The lowest BCUT2D eigenvalue weighted by Crippen LogP contribution is -2.36. The van der Waals surface area contributed by atoms with E-state index in [1.165, 1.54) is 11.8 Å². The highest BCUT2D eigenvalue weighted by Crippen LogP contribution is 2.31. The molecule has 0 spiro atoms. The summed E-state index contributed by atoms with van der Waals surface area (Å²) < 4.78 is 38.8. The molecule has 1 N–H and O–H groups in total. The van der Waals surface area contributed by atoms with Crippen LogP contribution >= 0.6 is 0 Å². The van der Waals surface area contributed by atoms with Gasteiger partial charge in [-0.3, -0.25) is 14.6 Å². The summed E-state index contributed by atoms with van der Waals surface area (Å²) in [5, 5.41) is 0.784. The first-order valence-corrected chi connectivity index (χ1v) is 8.70. The van der Waals surface area contributed by atoms with Gasteiger partial charge in [0.15, 0.2) is 5.78 Å². The third-order valence-corrected chi connectivity index (χ3v) is 4.91. The van der Waals surface area contributed by atoms with E-state index in [1.54, 1.807) is 24.3 Å². The molecule has 0 saturated carbocycles. The number of rotatable bonds is 2. The van der Waals surface area contributed by atoms with E-state index >= 15 is 0 Å². The quantitative estimate of drug-likeness (QED) is 0.677. The molecule has 1 aliphatic rings. The average molecular weight is 387 g/mol. The molecule has 0 saturated heterocycles. The predicted octanol–water partition coefficient (Wildman–Crippen LogP) is 3.98. The van der Waals surface area contributed by atoms with Crippen LogP contribution in [0.25, 0.3) is 10.9 Å². The van der Waals surface area contributed by atoms with Gasteiger partial charge in [-0.2, -0.15) is 13.2 Å². The van der Waals surface area contributed by atoms with Crippen molar-refractivity contribution < 1.29 is 22.8 Å². The van der Waals surface area contributed by atoms with E-state index < -0.39 is 11.7 Å². The number of H-pyrrole nitrogens is 1. The maximum Gasteiger partial charge on any atom is 0.417 e. The number of hydrogen-bond donors (Lipinski definition) is 1. The highest BCUT2D eigenvalue weighted by molar-refractivity contribution is 6.01. The molecule has 1 aromatic carbocycles. The van der Waals surface area contributed by atoms with Crippen molar-refractivity contribution in [2.45, 2.75) is 26.1 Å². The Morgan fingerprint density at radius 1 is 1.18 bits per heavy atom. The molecule has 8 heteroatoms. The number of carbonyl (C=O) groups is 2. The minimum absolute atomic E-state index is 0.0686. The van der Waals surface area contributed by atoms with Gasteiger partial charge in [0.2, 0.25) is 0 Å². The summed E-state index contributed by atoms with van der Waals surface area (Å²) in [6, 6.07) is 7.87. The normalized spacial score (nSPS) is 14.2. The maximum absolute atomic E-state index is 12.9. The molecule has 0 aliphatic carbocycles. The van der Waals surface area contributed by atoms with Crippen LogP contribution in [0.1, 0.15) is 44.6 Å². The molecule has 28 heavy (non-hydrogen) atoms. The van der Waals surface area contributed by atoms with Gasteiger partial charge in [0.1, 0.15) is 5.69 Å². The van der Waals surface area contributed by atoms with Crippen LogP contribution in [-0.2, 0) is 19.1 Å². The average Bonchev–Trinajstić information content (AvgIpc) is 3.09. The molecule has 0 radical (unpaired) electrons. The lowest BCUT2D eigenvalue weighted by atomic mass is 10.0. The van der Waals surface area contributed by atoms with Crippen molar-refractivity contribution in [3.8, 4) is 0 Å². The van der Waals surface area contributed by atoms with E-state index in [0.29, 0.717) is 41.0 Å². The van der Waals surface area contributed by atoms with Crippen molar-refractivity contribution in [1.82, 2.24) is 14.9 Å². The number of aromatic nitrogens is 2. The topological polar surface area (TPSA) is 66.1 Å². The molecular weight excluding hydrogens is 371 g/mol. The van der Waals surface area contributed by atoms with Gasteiger partial charge in [-0.05, 0) is 30.7 Å². The van der Waals surface area contributed by atoms with Crippen molar-refractivity contribution in [1.29, 1.82) is 0 Å². The number of nitrogens with one attached hydrogen (secondary N) is 1. The Kier molecular flexibility index (Phi) is 4.21. The van der Waals surface area contributed by atoms with E-state index in [2.05, 4.69) is 9.97 Å². The number of pyridine rings is 1. The largest absolute Gasteiger partial charge is 0.417 e. The van der Waals surface area contributed by atoms with Crippen LogP contribution in [0.5, 0.6) is 0 Å². The standard InChI is InChI=1S/C20H16F3N3O2/c1-11(27)12-2-3-13-8-18(25-17(13)7-12)19(28)26-5-4-16-14(10-26)6-15(9-24-16)20(21,22)23/h2-3,6-9,25H,4-5,10H2,1H3. The Labute approximate surface area is 158 Å². The number of nitrogens with zero attached hydrogens (tertiary/aromatic N) is 2. The van der Waals surface area contributed by atoms with E-state index in [9.17, 15) is 22.8 Å². The van der Waals surface area contributed by atoms with E-state index in [4.69, 9.17) is 0 Å². The molecule has 3 heterocycles. The Bertz CT molecular complexity index is 1100. The third-order valence-electron chi connectivity index (χ3n) is 4.91. The van der Waals surface area contributed by atoms with Crippen LogP contribution in [-0.4, -0.2) is 33.1 Å². The van der Waals surface area contributed by atoms with Crippen molar-refractivity contribution in [2.24, 2.45) is 0 Å². The first-order valence-electron chi connectivity index (χ1n) is 8.70. The smallest absolute Gasteiger partial charge is 0.351 e. The van der Waals surface area contributed by atoms with Crippen LogP contribution in [0.3, 0.4) is 0 Å².